The summed E-state index contributed by atoms with van der Waals surface area (Å²) in [6.45, 7) is 3.26. The van der Waals surface area contributed by atoms with E-state index < -0.39 is 28.5 Å². The minimum absolute atomic E-state index is 0.00320. The number of amides is 2. The van der Waals surface area contributed by atoms with Crippen LogP contribution in [0.2, 0.25) is 10.0 Å². The summed E-state index contributed by atoms with van der Waals surface area (Å²) < 4.78 is 26.6. The Morgan fingerprint density at radius 3 is 2.41 bits per heavy atom. The fourth-order valence-corrected chi connectivity index (χ4v) is 4.68. The number of hydrogen-bond donors (Lipinski definition) is 1. The van der Waals surface area contributed by atoms with Crippen molar-refractivity contribution in [1.29, 1.82) is 0 Å². The predicted molar refractivity (Wildman–Crippen MR) is 131 cm³/mol. The summed E-state index contributed by atoms with van der Waals surface area (Å²) in [6, 6.07) is 10.6. The van der Waals surface area contributed by atoms with Gasteiger partial charge in [0.05, 0.1) is 11.9 Å². The van der Waals surface area contributed by atoms with E-state index in [9.17, 15) is 18.0 Å². The molecule has 0 heterocycles. The Bertz CT molecular complexity index is 1100. The van der Waals surface area contributed by atoms with E-state index in [-0.39, 0.29) is 12.5 Å². The standard InChI is InChI=1S/C21H24BrCl2N3O4S/c1-4-25-21(29)14(2)26(12-15-8-9-17(23)11-19(15)24)20(28)13-27(32(3,30)31)18-7-5-6-16(22)10-18/h5-11,14H,4,12-13H2,1-3H3,(H,25,29)/t14-/m0/s1. The molecule has 0 saturated carbocycles. The van der Waals surface area contributed by atoms with Crippen molar-refractivity contribution in [2.75, 3.05) is 23.7 Å². The van der Waals surface area contributed by atoms with Crippen LogP contribution in [0, 0.1) is 0 Å². The highest BCUT2D eigenvalue weighted by atomic mass is 79.9. The van der Waals surface area contributed by atoms with Gasteiger partial charge in [-0.25, -0.2) is 8.42 Å². The second kappa shape index (κ2) is 11.4. The highest BCUT2D eigenvalue weighted by Crippen LogP contribution is 2.25. The van der Waals surface area contributed by atoms with Crippen LogP contribution in [0.1, 0.15) is 19.4 Å². The number of hydrogen-bond acceptors (Lipinski definition) is 4. The zero-order chi connectivity index (χ0) is 24.1. The first-order chi connectivity index (χ1) is 14.9. The number of rotatable bonds is 9. The van der Waals surface area contributed by atoms with Crippen LogP contribution in [-0.4, -0.2) is 50.5 Å². The highest BCUT2D eigenvalue weighted by Gasteiger charge is 2.30. The van der Waals surface area contributed by atoms with E-state index in [0.29, 0.717) is 32.3 Å². The number of nitrogens with zero attached hydrogens (tertiary/aromatic N) is 2. The van der Waals surface area contributed by atoms with Crippen LogP contribution >= 0.6 is 39.1 Å². The van der Waals surface area contributed by atoms with E-state index in [2.05, 4.69) is 21.2 Å². The van der Waals surface area contributed by atoms with E-state index in [1.807, 2.05) is 0 Å². The number of carbonyl (C=O) groups excluding carboxylic acids is 2. The van der Waals surface area contributed by atoms with Crippen molar-refractivity contribution in [3.63, 3.8) is 0 Å². The van der Waals surface area contributed by atoms with Crippen molar-refractivity contribution in [3.05, 3.63) is 62.5 Å². The monoisotopic (exact) mass is 563 g/mol. The maximum atomic E-state index is 13.4. The normalized spacial score (nSPS) is 12.2. The van der Waals surface area contributed by atoms with E-state index in [4.69, 9.17) is 23.2 Å². The third-order valence-electron chi connectivity index (χ3n) is 4.65. The summed E-state index contributed by atoms with van der Waals surface area (Å²) >= 11 is 15.6. The number of anilines is 1. The molecule has 0 fully saturated rings. The molecule has 1 atom stereocenters. The molecule has 2 aromatic carbocycles. The van der Waals surface area contributed by atoms with Gasteiger partial charge in [0, 0.05) is 27.6 Å². The van der Waals surface area contributed by atoms with Crippen molar-refractivity contribution in [1.82, 2.24) is 10.2 Å². The smallest absolute Gasteiger partial charge is 0.244 e. The highest BCUT2D eigenvalue weighted by molar-refractivity contribution is 9.10. The second-order valence-electron chi connectivity index (χ2n) is 7.08. The van der Waals surface area contributed by atoms with Gasteiger partial charge in [-0.1, -0.05) is 51.3 Å². The maximum Gasteiger partial charge on any atom is 0.244 e. The molecular formula is C21H24BrCl2N3O4S. The molecule has 0 aliphatic heterocycles. The van der Waals surface area contributed by atoms with Gasteiger partial charge >= 0.3 is 0 Å². The molecule has 2 rings (SSSR count). The first-order valence-corrected chi connectivity index (χ1v) is 13.1. The van der Waals surface area contributed by atoms with Crippen LogP contribution in [0.25, 0.3) is 0 Å². The van der Waals surface area contributed by atoms with Crippen LogP contribution in [-0.2, 0) is 26.2 Å². The predicted octanol–water partition coefficient (Wildman–Crippen LogP) is 4.08. The van der Waals surface area contributed by atoms with Gasteiger partial charge in [-0.15, -0.1) is 0 Å². The van der Waals surface area contributed by atoms with Crippen LogP contribution in [0.5, 0.6) is 0 Å². The summed E-state index contributed by atoms with van der Waals surface area (Å²) in [6.07, 6.45) is 1.02. The summed E-state index contributed by atoms with van der Waals surface area (Å²) in [5, 5.41) is 3.46. The Hall–Kier alpha value is -1.81. The molecule has 0 aliphatic rings. The van der Waals surface area contributed by atoms with Crippen LogP contribution in [0.4, 0.5) is 5.69 Å². The van der Waals surface area contributed by atoms with Gasteiger partial charge in [-0.05, 0) is 49.7 Å². The summed E-state index contributed by atoms with van der Waals surface area (Å²) in [5.41, 5.74) is 0.902. The van der Waals surface area contributed by atoms with Crippen molar-refractivity contribution in [3.8, 4) is 0 Å². The summed E-state index contributed by atoms with van der Waals surface area (Å²) in [7, 11) is -3.79. The molecule has 174 valence electrons. The van der Waals surface area contributed by atoms with Gasteiger partial charge in [0.2, 0.25) is 21.8 Å². The topological polar surface area (TPSA) is 86.8 Å². The van der Waals surface area contributed by atoms with Gasteiger partial charge in [0.15, 0.2) is 0 Å². The quantitative estimate of drug-likeness (QED) is 0.497. The number of halogens is 3. The maximum absolute atomic E-state index is 13.4. The Morgan fingerprint density at radius 2 is 1.84 bits per heavy atom. The zero-order valence-electron chi connectivity index (χ0n) is 17.8. The lowest BCUT2D eigenvalue weighted by Gasteiger charge is -2.31. The summed E-state index contributed by atoms with van der Waals surface area (Å²) in [5.74, 6) is -0.917. The van der Waals surface area contributed by atoms with Crippen LogP contribution in [0.3, 0.4) is 0 Å². The molecule has 0 saturated heterocycles. The number of sulfonamides is 1. The van der Waals surface area contributed by atoms with E-state index in [1.165, 1.54) is 4.90 Å². The van der Waals surface area contributed by atoms with Crippen molar-refractivity contribution in [2.45, 2.75) is 26.4 Å². The third kappa shape index (κ3) is 7.10. The van der Waals surface area contributed by atoms with E-state index >= 15 is 0 Å². The number of carbonyl (C=O) groups is 2. The summed E-state index contributed by atoms with van der Waals surface area (Å²) in [4.78, 5) is 27.2. The fraction of sp³-hybridized carbons (Fsp3) is 0.333. The zero-order valence-corrected chi connectivity index (χ0v) is 21.7. The lowest BCUT2D eigenvalue weighted by molar-refractivity contribution is -0.139. The van der Waals surface area contributed by atoms with Crippen molar-refractivity contribution in [2.24, 2.45) is 0 Å². The molecular weight excluding hydrogens is 541 g/mol. The van der Waals surface area contributed by atoms with E-state index in [1.54, 1.807) is 56.3 Å². The van der Waals surface area contributed by atoms with Gasteiger partial charge in [-0.2, -0.15) is 0 Å². The molecule has 0 spiro atoms. The lowest BCUT2D eigenvalue weighted by atomic mass is 10.1. The second-order valence-corrected chi connectivity index (χ2v) is 10.7. The van der Waals surface area contributed by atoms with Gasteiger partial charge < -0.3 is 10.2 Å². The molecule has 1 N–H and O–H groups in total. The lowest BCUT2D eigenvalue weighted by Crippen LogP contribution is -2.51. The minimum atomic E-state index is -3.79. The molecule has 0 radical (unpaired) electrons. The van der Waals surface area contributed by atoms with Gasteiger partial charge in [0.25, 0.3) is 0 Å². The number of likely N-dealkylation sites (N-methyl/N-ethyl adjacent to an activating group) is 1. The average Bonchev–Trinajstić information content (AvgIpc) is 2.70. The molecule has 11 heteroatoms. The average molecular weight is 565 g/mol. The Morgan fingerprint density at radius 1 is 1.16 bits per heavy atom. The molecule has 0 aromatic heterocycles. The molecule has 0 unspecified atom stereocenters. The fourth-order valence-electron chi connectivity index (χ4n) is 2.98. The Labute approximate surface area is 206 Å². The molecule has 2 aromatic rings. The first-order valence-electron chi connectivity index (χ1n) is 9.68. The van der Waals surface area contributed by atoms with Crippen molar-refractivity contribution < 1.29 is 18.0 Å². The van der Waals surface area contributed by atoms with Gasteiger partial charge in [0.1, 0.15) is 12.6 Å². The Balaban J connectivity index is 2.41. The third-order valence-corrected chi connectivity index (χ3v) is 6.87. The van der Waals surface area contributed by atoms with Crippen LogP contribution < -0.4 is 9.62 Å². The molecule has 7 nitrogen and oxygen atoms in total. The van der Waals surface area contributed by atoms with Crippen LogP contribution in [0.15, 0.2) is 46.9 Å². The van der Waals surface area contributed by atoms with Crippen molar-refractivity contribution >= 4 is 66.7 Å². The molecule has 0 aliphatic carbocycles. The van der Waals surface area contributed by atoms with E-state index in [0.717, 1.165) is 10.6 Å². The largest absolute Gasteiger partial charge is 0.355 e. The first kappa shape index (κ1) is 26.4. The molecule has 0 bridgehead atoms. The number of nitrogens with one attached hydrogen (secondary N) is 1. The number of benzene rings is 2. The SMILES string of the molecule is CCNC(=O)[C@H](C)N(Cc1ccc(Cl)cc1Cl)C(=O)CN(c1cccc(Br)c1)S(C)(=O)=O. The minimum Gasteiger partial charge on any atom is -0.355 e. The Kier molecular flexibility index (Phi) is 9.39. The molecule has 32 heavy (non-hydrogen) atoms. The molecule has 2 amide bonds. The van der Waals surface area contributed by atoms with Gasteiger partial charge in [-0.3, -0.25) is 13.9 Å².